The molecule has 5 aliphatic rings. The first-order valence-corrected chi connectivity index (χ1v) is 21.7. The van der Waals surface area contributed by atoms with E-state index in [9.17, 15) is 54.0 Å². The summed E-state index contributed by atoms with van der Waals surface area (Å²) in [5.41, 5.74) is 9.41. The zero-order chi connectivity index (χ0) is 47.2. The predicted molar refractivity (Wildman–Crippen MR) is 231 cm³/mol. The van der Waals surface area contributed by atoms with E-state index < -0.39 is 98.6 Å². The van der Waals surface area contributed by atoms with Crippen molar-refractivity contribution in [2.75, 3.05) is 6.61 Å². The number of carboxylic acid groups (broad SMARTS) is 4. The maximum Gasteiger partial charge on any atom is 0.303 e. The third kappa shape index (κ3) is 8.70. The third-order valence-electron chi connectivity index (χ3n) is 15.9. The van der Waals surface area contributed by atoms with E-state index in [0.29, 0.717) is 40.6 Å². The average molecular weight is 881 g/mol. The van der Waals surface area contributed by atoms with Gasteiger partial charge >= 0.3 is 23.9 Å². The van der Waals surface area contributed by atoms with Crippen molar-refractivity contribution in [1.29, 1.82) is 0 Å². The van der Waals surface area contributed by atoms with Crippen molar-refractivity contribution < 1.29 is 58.7 Å². The zero-order valence-corrected chi connectivity index (χ0v) is 37.6. The van der Waals surface area contributed by atoms with Crippen LogP contribution in [0.3, 0.4) is 0 Å². The summed E-state index contributed by atoms with van der Waals surface area (Å²) in [6, 6.07) is -1.53. The Balaban J connectivity index is 1.97. The van der Waals surface area contributed by atoms with Crippen LogP contribution in [0.15, 0.2) is 31.2 Å². The van der Waals surface area contributed by atoms with Crippen LogP contribution in [0.1, 0.15) is 126 Å². The van der Waals surface area contributed by atoms with Gasteiger partial charge in [0.05, 0.1) is 29.9 Å². The molecule has 11 atom stereocenters. The van der Waals surface area contributed by atoms with Gasteiger partial charge in [0.1, 0.15) is 0 Å². The number of nitrogens with zero attached hydrogens (tertiary/aromatic N) is 4. The number of hydrogen-bond acceptors (Lipinski definition) is 12. The van der Waals surface area contributed by atoms with Crippen molar-refractivity contribution in [2.24, 2.45) is 82.7 Å². The number of allylic oxidation sites excluding steroid dienone is 2. The topological polar surface area (TPSA) is 311 Å². The second-order valence-corrected chi connectivity index (χ2v) is 19.9. The number of amides is 2. The van der Waals surface area contributed by atoms with Crippen LogP contribution in [0.5, 0.6) is 0 Å². The maximum atomic E-state index is 13.3. The van der Waals surface area contributed by atoms with Gasteiger partial charge in [0.15, 0.2) is 0 Å². The van der Waals surface area contributed by atoms with Crippen LogP contribution in [-0.2, 0) is 38.3 Å². The molecular formula is C45H64N6O12. The van der Waals surface area contributed by atoms with Gasteiger partial charge in [-0.05, 0) is 51.0 Å². The number of ether oxygens (including phenoxy) is 1. The lowest BCUT2D eigenvalue weighted by Gasteiger charge is -2.48. The second-order valence-electron chi connectivity index (χ2n) is 19.9. The van der Waals surface area contributed by atoms with Gasteiger partial charge in [-0.15, -0.1) is 0 Å². The maximum absolute atomic E-state index is 13.3. The van der Waals surface area contributed by atoms with Crippen LogP contribution in [0.25, 0.3) is 0 Å². The molecule has 8 bridgehead atoms. The van der Waals surface area contributed by atoms with Crippen molar-refractivity contribution in [3.63, 3.8) is 0 Å². The van der Waals surface area contributed by atoms with E-state index >= 15 is 0 Å². The van der Waals surface area contributed by atoms with Crippen LogP contribution in [0, 0.1) is 51.2 Å². The Hall–Kier alpha value is -5.29. The molecule has 5 heterocycles. The lowest BCUT2D eigenvalue weighted by molar-refractivity contribution is -0.139. The number of rotatable bonds is 19. The molecule has 0 saturated heterocycles. The van der Waals surface area contributed by atoms with Crippen molar-refractivity contribution >= 4 is 65.0 Å². The summed E-state index contributed by atoms with van der Waals surface area (Å²) in [6.07, 6.45) is -1.09. The highest BCUT2D eigenvalue weighted by atomic mass is 16.5. The van der Waals surface area contributed by atoms with Gasteiger partial charge in [0.25, 0.3) is 6.47 Å². The first-order chi connectivity index (χ1) is 29.2. The Kier molecular flexibility index (Phi) is 13.7. The number of fused-ring (bicyclic) bond motifs is 5. The van der Waals surface area contributed by atoms with Gasteiger partial charge in [-0.25, -0.2) is 0 Å². The molecule has 18 heteroatoms. The van der Waals surface area contributed by atoms with Gasteiger partial charge in [-0.1, -0.05) is 41.5 Å². The standard InChI is InChI=1S/C45H64N6O12/c1-22-36-25(10-13-33(57)58)41(3,4)29(49-36)17-28-24(9-12-32(55)56)43(6,18-30(46)53)39(48-28)23(2)37-26(11-14-34(59)60)44(7,19-31(47)54)45(8,51-37)40-27(20-63-21-52)42(5,38(22)50-40)16-15-35(61)62/h21-22,24-27,36,40H,9-20H2,1-8H3,(H2,46,53)(H2,47,54)(H,55,56)(H,57,58)(H,59,60)(H,61,62)/b39-23-. The number of carbonyl (C=O) groups excluding carboxylic acids is 3. The van der Waals surface area contributed by atoms with Gasteiger partial charge in [-0.3, -0.25) is 53.5 Å². The van der Waals surface area contributed by atoms with Crippen molar-refractivity contribution in [2.45, 2.75) is 144 Å². The molecule has 346 valence electrons. The summed E-state index contributed by atoms with van der Waals surface area (Å²) in [5.74, 6) is -8.71. The first-order valence-electron chi connectivity index (χ1n) is 21.7. The van der Waals surface area contributed by atoms with E-state index in [-0.39, 0.29) is 83.2 Å². The molecule has 5 rings (SSSR count). The van der Waals surface area contributed by atoms with Crippen molar-refractivity contribution in [1.82, 2.24) is 0 Å². The number of aliphatic imine (C=N–C) groups is 4. The van der Waals surface area contributed by atoms with Gasteiger partial charge in [0.2, 0.25) is 11.8 Å². The van der Waals surface area contributed by atoms with E-state index in [1.807, 2.05) is 48.5 Å². The second kappa shape index (κ2) is 17.7. The molecule has 63 heavy (non-hydrogen) atoms. The van der Waals surface area contributed by atoms with E-state index in [0.717, 1.165) is 0 Å². The van der Waals surface area contributed by atoms with Gasteiger partial charge in [-0.2, -0.15) is 0 Å². The van der Waals surface area contributed by atoms with Crippen LogP contribution in [0.2, 0.25) is 0 Å². The van der Waals surface area contributed by atoms with Crippen LogP contribution < -0.4 is 11.5 Å². The van der Waals surface area contributed by atoms with E-state index in [1.165, 1.54) is 0 Å². The van der Waals surface area contributed by atoms with Gasteiger partial charge < -0.3 is 36.6 Å². The molecule has 2 amide bonds. The number of hydrogen-bond donors (Lipinski definition) is 6. The summed E-state index contributed by atoms with van der Waals surface area (Å²) >= 11 is 0. The summed E-state index contributed by atoms with van der Waals surface area (Å²) in [5, 5.41) is 40.1. The molecule has 0 aliphatic carbocycles. The van der Waals surface area contributed by atoms with Crippen molar-refractivity contribution in [3.05, 3.63) is 11.3 Å². The van der Waals surface area contributed by atoms with E-state index in [4.69, 9.17) is 36.2 Å². The molecule has 0 radical (unpaired) electrons. The molecular weight excluding hydrogens is 817 g/mol. The lowest BCUT2D eigenvalue weighted by atomic mass is 9.56. The largest absolute Gasteiger partial charge is 0.481 e. The Morgan fingerprint density at radius 3 is 1.86 bits per heavy atom. The van der Waals surface area contributed by atoms with Crippen LogP contribution in [-0.4, -0.2) is 110 Å². The minimum absolute atomic E-state index is 0.00644. The highest BCUT2D eigenvalue weighted by molar-refractivity contribution is 6.12. The number of aliphatic carboxylic acids is 4. The summed E-state index contributed by atoms with van der Waals surface area (Å²) in [7, 11) is 0. The molecule has 11 unspecified atom stereocenters. The van der Waals surface area contributed by atoms with Crippen LogP contribution >= 0.6 is 0 Å². The fraction of sp³-hybridized carbons (Fsp3) is 0.711. The van der Waals surface area contributed by atoms with Gasteiger partial charge in [0, 0.05) is 113 Å². The normalized spacial score (nSPS) is 36.5. The fourth-order valence-corrected chi connectivity index (χ4v) is 12.4. The Labute approximate surface area is 367 Å². The molecule has 0 saturated carbocycles. The number of primary amides is 2. The highest BCUT2D eigenvalue weighted by Crippen LogP contribution is 2.62. The average Bonchev–Trinajstić information content (AvgIpc) is 3.77. The summed E-state index contributed by atoms with van der Waals surface area (Å²) < 4.78 is 5.55. The number of carbonyl (C=O) groups is 7. The van der Waals surface area contributed by atoms with Crippen LogP contribution in [0.4, 0.5) is 0 Å². The Morgan fingerprint density at radius 2 is 1.32 bits per heavy atom. The molecule has 0 fully saturated rings. The zero-order valence-electron chi connectivity index (χ0n) is 37.6. The molecule has 8 N–H and O–H groups in total. The molecule has 0 aromatic carbocycles. The molecule has 0 spiro atoms. The minimum Gasteiger partial charge on any atom is -0.481 e. The quantitative estimate of drug-likeness (QED) is 0.0977. The van der Waals surface area contributed by atoms with Crippen molar-refractivity contribution in [3.8, 4) is 0 Å². The predicted octanol–water partition coefficient (Wildman–Crippen LogP) is 4.51. The Morgan fingerprint density at radius 1 is 0.762 bits per heavy atom. The highest BCUT2D eigenvalue weighted by Gasteiger charge is 2.67. The fourth-order valence-electron chi connectivity index (χ4n) is 12.4. The van der Waals surface area contributed by atoms with E-state index in [2.05, 4.69) is 0 Å². The summed E-state index contributed by atoms with van der Waals surface area (Å²) in [6.45, 7) is 15.1. The molecule has 18 nitrogen and oxygen atoms in total. The number of carboxylic acids is 4. The SMILES string of the molecule is C/C1=C2/N=C(CC3=NC(C(C)C4=NC(C(COC=O)C4(C)CCC(=O)O)C4(C)N=C1C(CCC(=O)O)C4(C)CC(N)=O)C(CCC(=O)O)C3(C)C)C(CCC(=O)O)C2(C)CC(N)=O. The summed E-state index contributed by atoms with van der Waals surface area (Å²) in [4.78, 5) is 109. The molecule has 0 aromatic heterocycles. The van der Waals surface area contributed by atoms with E-state index in [1.54, 1.807) is 6.92 Å². The Bertz CT molecular complexity index is 2110. The molecule has 5 aliphatic heterocycles. The number of nitrogens with two attached hydrogens (primary N) is 2. The minimum atomic E-state index is -1.43. The molecule has 0 aromatic rings. The monoisotopic (exact) mass is 880 g/mol. The smallest absolute Gasteiger partial charge is 0.303 e. The lowest BCUT2D eigenvalue weighted by Crippen LogP contribution is -2.56. The third-order valence-corrected chi connectivity index (χ3v) is 15.9. The first kappa shape index (κ1) is 48.7.